The summed E-state index contributed by atoms with van der Waals surface area (Å²) in [5, 5.41) is 3.20. The number of sulfonamides is 1. The van der Waals surface area contributed by atoms with E-state index in [0.717, 1.165) is 25.5 Å². The largest absolute Gasteiger partial charge is 0.313 e. The maximum absolute atomic E-state index is 13.7. The maximum atomic E-state index is 13.7. The van der Waals surface area contributed by atoms with Gasteiger partial charge in [-0.25, -0.2) is 17.5 Å². The first-order chi connectivity index (χ1) is 8.90. The minimum absolute atomic E-state index is 0. The summed E-state index contributed by atoms with van der Waals surface area (Å²) in [5.74, 6) is -0.752. The molecule has 4 nitrogen and oxygen atoms in total. The number of rotatable bonds is 3. The third-order valence-electron chi connectivity index (χ3n) is 3.25. The summed E-state index contributed by atoms with van der Waals surface area (Å²) < 4.78 is 41.2. The van der Waals surface area contributed by atoms with E-state index in [-0.39, 0.29) is 29.4 Å². The van der Waals surface area contributed by atoms with Gasteiger partial charge in [0, 0.05) is 16.6 Å². The van der Waals surface area contributed by atoms with E-state index in [1.165, 1.54) is 12.1 Å². The van der Waals surface area contributed by atoms with Crippen LogP contribution in [0.25, 0.3) is 0 Å². The number of halogens is 3. The Labute approximate surface area is 133 Å². The fraction of sp³-hybridized carbons (Fsp3) is 0.500. The SMILES string of the molecule is CC1NCCCC1NS(=O)(=O)c1ccc(Br)cc1F.Cl. The second-order valence-electron chi connectivity index (χ2n) is 4.69. The van der Waals surface area contributed by atoms with Crippen molar-refractivity contribution >= 4 is 38.4 Å². The molecule has 0 radical (unpaired) electrons. The molecule has 1 fully saturated rings. The Morgan fingerprint density at radius 2 is 2.15 bits per heavy atom. The molecule has 0 amide bonds. The van der Waals surface area contributed by atoms with E-state index >= 15 is 0 Å². The van der Waals surface area contributed by atoms with Gasteiger partial charge >= 0.3 is 0 Å². The smallest absolute Gasteiger partial charge is 0.243 e. The van der Waals surface area contributed by atoms with E-state index < -0.39 is 15.8 Å². The number of nitrogens with one attached hydrogen (secondary N) is 2. The third-order valence-corrected chi connectivity index (χ3v) is 5.27. The Bertz CT molecular complexity index is 571. The lowest BCUT2D eigenvalue weighted by Crippen LogP contribution is -2.51. The summed E-state index contributed by atoms with van der Waals surface area (Å²) in [7, 11) is -3.83. The Morgan fingerprint density at radius 3 is 2.75 bits per heavy atom. The summed E-state index contributed by atoms with van der Waals surface area (Å²) in [6.07, 6.45) is 1.66. The molecule has 2 atom stereocenters. The van der Waals surface area contributed by atoms with Gasteiger partial charge in [0.25, 0.3) is 0 Å². The van der Waals surface area contributed by atoms with E-state index in [4.69, 9.17) is 0 Å². The van der Waals surface area contributed by atoms with Crippen LogP contribution in [-0.2, 0) is 10.0 Å². The second kappa shape index (κ2) is 7.17. The summed E-state index contributed by atoms with van der Waals surface area (Å²) in [6.45, 7) is 2.80. The van der Waals surface area contributed by atoms with E-state index in [1.54, 1.807) is 0 Å². The molecule has 0 spiro atoms. The highest BCUT2D eigenvalue weighted by Gasteiger charge is 2.28. The minimum atomic E-state index is -3.83. The number of hydrogen-bond donors (Lipinski definition) is 2. The molecule has 0 aromatic heterocycles. The molecule has 20 heavy (non-hydrogen) atoms. The van der Waals surface area contributed by atoms with Crippen LogP contribution >= 0.6 is 28.3 Å². The molecular formula is C12H17BrClFN2O2S. The van der Waals surface area contributed by atoms with Crippen molar-refractivity contribution in [2.24, 2.45) is 0 Å². The highest BCUT2D eigenvalue weighted by Crippen LogP contribution is 2.20. The number of hydrogen-bond acceptors (Lipinski definition) is 3. The van der Waals surface area contributed by atoms with Crippen LogP contribution in [0.5, 0.6) is 0 Å². The summed E-state index contributed by atoms with van der Waals surface area (Å²) in [6, 6.07) is 3.77. The molecule has 0 bridgehead atoms. The van der Waals surface area contributed by atoms with Crippen LogP contribution in [0, 0.1) is 5.82 Å². The van der Waals surface area contributed by atoms with Crippen molar-refractivity contribution in [3.63, 3.8) is 0 Å². The van der Waals surface area contributed by atoms with Crippen LogP contribution in [0.15, 0.2) is 27.6 Å². The highest BCUT2D eigenvalue weighted by atomic mass is 79.9. The van der Waals surface area contributed by atoms with Crippen molar-refractivity contribution in [1.82, 2.24) is 10.0 Å². The summed E-state index contributed by atoms with van der Waals surface area (Å²) >= 11 is 3.11. The molecule has 1 saturated heterocycles. The summed E-state index contributed by atoms with van der Waals surface area (Å²) in [5.41, 5.74) is 0. The first-order valence-electron chi connectivity index (χ1n) is 6.11. The quantitative estimate of drug-likeness (QED) is 0.837. The molecular weight excluding hydrogens is 371 g/mol. The van der Waals surface area contributed by atoms with Gasteiger partial charge < -0.3 is 5.32 Å². The fourth-order valence-electron chi connectivity index (χ4n) is 2.16. The van der Waals surface area contributed by atoms with Crippen molar-refractivity contribution in [1.29, 1.82) is 0 Å². The lowest BCUT2D eigenvalue weighted by atomic mass is 10.0. The van der Waals surface area contributed by atoms with Crippen LogP contribution in [0.2, 0.25) is 0 Å². The van der Waals surface area contributed by atoms with Crippen molar-refractivity contribution in [3.8, 4) is 0 Å². The topological polar surface area (TPSA) is 58.2 Å². The predicted octanol–water partition coefficient (Wildman–Crippen LogP) is 2.43. The van der Waals surface area contributed by atoms with Gasteiger partial charge in [-0.15, -0.1) is 12.4 Å². The van der Waals surface area contributed by atoms with Crippen molar-refractivity contribution in [3.05, 3.63) is 28.5 Å². The zero-order chi connectivity index (χ0) is 14.0. The molecule has 1 heterocycles. The van der Waals surface area contributed by atoms with Crippen LogP contribution in [-0.4, -0.2) is 27.0 Å². The third kappa shape index (κ3) is 4.14. The van der Waals surface area contributed by atoms with Crippen LogP contribution in [0.3, 0.4) is 0 Å². The molecule has 1 aromatic rings. The first-order valence-corrected chi connectivity index (χ1v) is 8.38. The minimum Gasteiger partial charge on any atom is -0.313 e. The maximum Gasteiger partial charge on any atom is 0.243 e. The second-order valence-corrected chi connectivity index (χ2v) is 7.29. The Kier molecular flexibility index (Phi) is 6.40. The van der Waals surface area contributed by atoms with Crippen molar-refractivity contribution in [2.75, 3.05) is 6.54 Å². The zero-order valence-electron chi connectivity index (χ0n) is 10.9. The molecule has 1 aliphatic heterocycles. The Hall–Kier alpha value is -0.210. The Balaban J connectivity index is 0.00000200. The van der Waals surface area contributed by atoms with E-state index in [0.29, 0.717) is 4.47 Å². The zero-order valence-corrected chi connectivity index (χ0v) is 14.1. The normalized spacial score (nSPS) is 23.1. The molecule has 2 rings (SSSR count). The van der Waals surface area contributed by atoms with Crippen LogP contribution in [0.4, 0.5) is 4.39 Å². The molecule has 114 valence electrons. The highest BCUT2D eigenvalue weighted by molar-refractivity contribution is 9.10. The molecule has 2 N–H and O–H groups in total. The van der Waals surface area contributed by atoms with Crippen molar-refractivity contribution < 1.29 is 12.8 Å². The molecule has 1 aliphatic rings. The lowest BCUT2D eigenvalue weighted by molar-refractivity contribution is 0.348. The van der Waals surface area contributed by atoms with Gasteiger partial charge in [0.2, 0.25) is 10.0 Å². The molecule has 1 aromatic carbocycles. The molecule has 0 saturated carbocycles. The van der Waals surface area contributed by atoms with Crippen LogP contribution < -0.4 is 10.0 Å². The van der Waals surface area contributed by atoms with Gasteiger partial charge in [-0.05, 0) is 44.5 Å². The van der Waals surface area contributed by atoms with Crippen LogP contribution in [0.1, 0.15) is 19.8 Å². The lowest BCUT2D eigenvalue weighted by Gasteiger charge is -2.30. The fourth-order valence-corrected chi connectivity index (χ4v) is 3.90. The van der Waals surface area contributed by atoms with Crippen molar-refractivity contribution in [2.45, 2.75) is 36.7 Å². The van der Waals surface area contributed by atoms with Gasteiger partial charge in [0.1, 0.15) is 10.7 Å². The predicted molar refractivity (Wildman–Crippen MR) is 82.2 cm³/mol. The van der Waals surface area contributed by atoms with E-state index in [1.807, 2.05) is 6.92 Å². The summed E-state index contributed by atoms with van der Waals surface area (Å²) in [4.78, 5) is -0.312. The molecule has 8 heteroatoms. The van der Waals surface area contributed by atoms with Gasteiger partial charge in [-0.2, -0.15) is 0 Å². The van der Waals surface area contributed by atoms with Gasteiger partial charge in [-0.3, -0.25) is 0 Å². The molecule has 0 aliphatic carbocycles. The van der Waals surface area contributed by atoms with E-state index in [9.17, 15) is 12.8 Å². The number of benzene rings is 1. The molecule has 2 unspecified atom stereocenters. The van der Waals surface area contributed by atoms with Gasteiger partial charge in [-0.1, -0.05) is 15.9 Å². The Morgan fingerprint density at radius 1 is 1.45 bits per heavy atom. The monoisotopic (exact) mass is 386 g/mol. The van der Waals surface area contributed by atoms with Gasteiger partial charge in [0.05, 0.1) is 0 Å². The first kappa shape index (κ1) is 17.8. The average molecular weight is 388 g/mol. The van der Waals surface area contributed by atoms with Gasteiger partial charge in [0.15, 0.2) is 0 Å². The standard InChI is InChI=1S/C12H16BrFN2O2S.ClH/c1-8-11(3-2-6-15-8)16-19(17,18)12-5-4-9(13)7-10(12)14;/h4-5,7-8,11,15-16H,2-3,6H2,1H3;1H. The average Bonchev–Trinajstić information content (AvgIpc) is 2.31. The number of piperidine rings is 1. The van der Waals surface area contributed by atoms with E-state index in [2.05, 4.69) is 26.0 Å².